The van der Waals surface area contributed by atoms with Gasteiger partial charge >= 0.3 is 12.1 Å². The maximum absolute atomic E-state index is 13.0. The van der Waals surface area contributed by atoms with Gasteiger partial charge in [-0.3, -0.25) is 0 Å². The third-order valence-electron chi connectivity index (χ3n) is 2.55. The first kappa shape index (κ1) is 18.1. The molecule has 0 aliphatic heterocycles. The number of esters is 1. The van der Waals surface area contributed by atoms with Crippen LogP contribution in [0, 0.1) is 11.8 Å². The summed E-state index contributed by atoms with van der Waals surface area (Å²) in [5.41, 5.74) is -1.78. The van der Waals surface area contributed by atoms with Crippen LogP contribution < -0.4 is 0 Å². The highest BCUT2D eigenvalue weighted by Crippen LogP contribution is 2.32. The second kappa shape index (κ2) is 6.84. The van der Waals surface area contributed by atoms with Crippen LogP contribution in [0.25, 0.3) is 0 Å². The number of hydrogen-bond acceptors (Lipinski definition) is 3. The van der Waals surface area contributed by atoms with Crippen LogP contribution in [-0.4, -0.2) is 25.3 Å². The first-order chi connectivity index (χ1) is 10.0. The number of ether oxygens (including phenoxy) is 2. The van der Waals surface area contributed by atoms with Crippen LogP contribution in [-0.2, 0) is 15.7 Å². The van der Waals surface area contributed by atoms with Crippen LogP contribution in [0.3, 0.4) is 0 Å². The first-order valence-corrected chi connectivity index (χ1v) is 6.47. The van der Waals surface area contributed by atoms with Gasteiger partial charge in [-0.1, -0.05) is 11.8 Å². The number of carbonyl (C=O) groups excluding carboxylic acids is 1. The predicted molar refractivity (Wildman–Crippen MR) is 75.4 cm³/mol. The number of carbonyl (C=O) groups is 1. The lowest BCUT2D eigenvalue weighted by Crippen LogP contribution is -2.19. The van der Waals surface area contributed by atoms with E-state index in [2.05, 4.69) is 16.6 Å². The van der Waals surface area contributed by atoms with Gasteiger partial charge in [0.1, 0.15) is 6.61 Å². The molecule has 0 bridgehead atoms. The fraction of sp³-hybridized carbons (Fsp3) is 0.438. The van der Waals surface area contributed by atoms with E-state index in [4.69, 9.17) is 4.74 Å². The molecule has 1 rings (SSSR count). The molecule has 0 heterocycles. The zero-order valence-corrected chi connectivity index (χ0v) is 12.8. The number of alkyl halides is 3. The van der Waals surface area contributed by atoms with Crippen molar-refractivity contribution in [2.24, 2.45) is 0 Å². The molecule has 0 saturated heterocycles. The Labute approximate surface area is 127 Å². The van der Waals surface area contributed by atoms with E-state index in [1.165, 1.54) is 6.07 Å². The summed E-state index contributed by atoms with van der Waals surface area (Å²) in [4.78, 5) is 11.3. The molecule has 0 atom stereocenters. The topological polar surface area (TPSA) is 35.5 Å². The molecule has 120 valence electrons. The molecule has 6 heteroatoms. The third kappa shape index (κ3) is 5.41. The Hall–Kier alpha value is -2.00. The van der Waals surface area contributed by atoms with Crippen LogP contribution in [0.2, 0.25) is 0 Å². The standard InChI is InChI=1S/C16H17F3O3/c1-15(2,3)22-9-5-6-11-7-8-12(14(20)21-4)10-13(11)16(17,18)19/h7-8,10H,9H2,1-4H3. The smallest absolute Gasteiger partial charge is 0.417 e. The number of halogens is 3. The lowest BCUT2D eigenvalue weighted by molar-refractivity contribution is -0.137. The lowest BCUT2D eigenvalue weighted by atomic mass is 10.0. The zero-order valence-electron chi connectivity index (χ0n) is 12.8. The van der Waals surface area contributed by atoms with Crippen LogP contribution in [0.1, 0.15) is 42.3 Å². The third-order valence-corrected chi connectivity index (χ3v) is 2.55. The summed E-state index contributed by atoms with van der Waals surface area (Å²) in [5.74, 6) is 4.14. The van der Waals surface area contributed by atoms with Gasteiger partial charge in [0.15, 0.2) is 0 Å². The van der Waals surface area contributed by atoms with Crippen molar-refractivity contribution in [1.29, 1.82) is 0 Å². The fourth-order valence-electron chi connectivity index (χ4n) is 1.52. The maximum atomic E-state index is 13.0. The molecule has 0 aromatic heterocycles. The summed E-state index contributed by atoms with van der Waals surface area (Å²) in [6.45, 7) is 5.47. The van der Waals surface area contributed by atoms with E-state index in [1.54, 1.807) is 0 Å². The molecule has 0 aliphatic carbocycles. The van der Waals surface area contributed by atoms with Crippen molar-refractivity contribution in [2.75, 3.05) is 13.7 Å². The van der Waals surface area contributed by atoms with Gasteiger partial charge in [-0.2, -0.15) is 13.2 Å². The van der Waals surface area contributed by atoms with Crippen LogP contribution in [0.15, 0.2) is 18.2 Å². The number of rotatable bonds is 2. The highest BCUT2D eigenvalue weighted by molar-refractivity contribution is 5.89. The van der Waals surface area contributed by atoms with Gasteiger partial charge in [-0.05, 0) is 39.0 Å². The van der Waals surface area contributed by atoms with Crippen molar-refractivity contribution in [1.82, 2.24) is 0 Å². The molecule has 3 nitrogen and oxygen atoms in total. The van der Waals surface area contributed by atoms with Gasteiger partial charge in [-0.25, -0.2) is 4.79 Å². The van der Waals surface area contributed by atoms with Crippen LogP contribution in [0.5, 0.6) is 0 Å². The minimum Gasteiger partial charge on any atom is -0.465 e. The number of benzene rings is 1. The highest BCUT2D eigenvalue weighted by Gasteiger charge is 2.34. The molecule has 1 aromatic rings. The quantitative estimate of drug-likeness (QED) is 0.617. The van der Waals surface area contributed by atoms with Crippen molar-refractivity contribution in [2.45, 2.75) is 32.5 Å². The molecular formula is C16H17F3O3. The second-order valence-electron chi connectivity index (χ2n) is 5.45. The van der Waals surface area contributed by atoms with E-state index >= 15 is 0 Å². The monoisotopic (exact) mass is 314 g/mol. The van der Waals surface area contributed by atoms with Gasteiger partial charge in [0.05, 0.1) is 23.8 Å². The van der Waals surface area contributed by atoms with E-state index in [1.807, 2.05) is 20.8 Å². The Morgan fingerprint density at radius 1 is 1.23 bits per heavy atom. The van der Waals surface area contributed by atoms with E-state index < -0.39 is 23.3 Å². The molecular weight excluding hydrogens is 297 g/mol. The Kier molecular flexibility index (Phi) is 5.61. The van der Waals surface area contributed by atoms with Crippen LogP contribution >= 0.6 is 0 Å². The van der Waals surface area contributed by atoms with Crippen molar-refractivity contribution in [3.63, 3.8) is 0 Å². The molecule has 0 amide bonds. The summed E-state index contributed by atoms with van der Waals surface area (Å²) >= 11 is 0. The predicted octanol–water partition coefficient (Wildman–Crippen LogP) is 3.66. The Morgan fingerprint density at radius 3 is 2.36 bits per heavy atom. The minimum absolute atomic E-state index is 0.0134. The molecule has 0 saturated carbocycles. The number of hydrogen-bond donors (Lipinski definition) is 0. The summed E-state index contributed by atoms with van der Waals surface area (Å²) < 4.78 is 48.9. The summed E-state index contributed by atoms with van der Waals surface area (Å²) in [7, 11) is 1.10. The van der Waals surface area contributed by atoms with E-state index in [-0.39, 0.29) is 17.7 Å². The molecule has 0 fully saturated rings. The van der Waals surface area contributed by atoms with Crippen molar-refractivity contribution in [3.8, 4) is 11.8 Å². The zero-order chi connectivity index (χ0) is 17.0. The van der Waals surface area contributed by atoms with Gasteiger partial charge in [-0.15, -0.1) is 0 Å². The maximum Gasteiger partial charge on any atom is 0.417 e. The van der Waals surface area contributed by atoms with E-state index in [0.717, 1.165) is 19.2 Å². The lowest BCUT2D eigenvalue weighted by Gasteiger charge is -2.17. The molecule has 0 spiro atoms. The molecule has 22 heavy (non-hydrogen) atoms. The molecule has 0 radical (unpaired) electrons. The minimum atomic E-state index is -4.61. The first-order valence-electron chi connectivity index (χ1n) is 6.47. The average molecular weight is 314 g/mol. The largest absolute Gasteiger partial charge is 0.465 e. The Morgan fingerprint density at radius 2 is 1.86 bits per heavy atom. The van der Waals surface area contributed by atoms with E-state index in [9.17, 15) is 18.0 Å². The summed E-state index contributed by atoms with van der Waals surface area (Å²) in [6.07, 6.45) is -4.61. The SMILES string of the molecule is COC(=O)c1ccc(C#CCOC(C)(C)C)c(C(F)(F)F)c1. The average Bonchev–Trinajstić information content (AvgIpc) is 2.40. The summed E-state index contributed by atoms with van der Waals surface area (Å²) in [6, 6.07) is 3.13. The summed E-state index contributed by atoms with van der Waals surface area (Å²) in [5, 5.41) is 0. The normalized spacial score (nSPS) is 11.6. The van der Waals surface area contributed by atoms with Gasteiger partial charge in [0.2, 0.25) is 0 Å². The molecule has 0 N–H and O–H groups in total. The van der Waals surface area contributed by atoms with Gasteiger partial charge in [0, 0.05) is 5.56 Å². The molecule has 1 aromatic carbocycles. The highest BCUT2D eigenvalue weighted by atomic mass is 19.4. The molecule has 0 unspecified atom stereocenters. The fourth-order valence-corrected chi connectivity index (χ4v) is 1.52. The van der Waals surface area contributed by atoms with Crippen molar-refractivity contribution in [3.05, 3.63) is 34.9 Å². The van der Waals surface area contributed by atoms with Gasteiger partial charge < -0.3 is 9.47 Å². The molecule has 0 aliphatic rings. The second-order valence-corrected chi connectivity index (χ2v) is 5.45. The Bertz CT molecular complexity index is 602. The number of methoxy groups -OCH3 is 1. The van der Waals surface area contributed by atoms with Crippen molar-refractivity contribution < 1.29 is 27.4 Å². The van der Waals surface area contributed by atoms with Crippen molar-refractivity contribution >= 4 is 5.97 Å². The van der Waals surface area contributed by atoms with Crippen LogP contribution in [0.4, 0.5) is 13.2 Å². The Balaban J connectivity index is 3.10. The van der Waals surface area contributed by atoms with Gasteiger partial charge in [0.25, 0.3) is 0 Å². The van der Waals surface area contributed by atoms with E-state index in [0.29, 0.717) is 0 Å².